The van der Waals surface area contributed by atoms with Crippen LogP contribution in [0, 0.1) is 11.3 Å². The second-order valence-electron chi connectivity index (χ2n) is 6.14. The zero-order valence-electron chi connectivity index (χ0n) is 15.2. The van der Waals surface area contributed by atoms with E-state index < -0.39 is 34.1 Å². The minimum Gasteiger partial charge on any atom is -0.465 e. The van der Waals surface area contributed by atoms with E-state index in [0.29, 0.717) is 0 Å². The number of halogens is 2. The van der Waals surface area contributed by atoms with Crippen LogP contribution in [0.2, 0.25) is 0 Å². The third-order valence-corrected chi connectivity index (χ3v) is 3.49. The van der Waals surface area contributed by atoms with Crippen molar-refractivity contribution in [1.82, 2.24) is 0 Å². The van der Waals surface area contributed by atoms with Crippen molar-refractivity contribution in [3.05, 3.63) is 0 Å². The molecule has 0 aliphatic carbocycles. The van der Waals surface area contributed by atoms with Gasteiger partial charge < -0.3 is 18.9 Å². The summed E-state index contributed by atoms with van der Waals surface area (Å²) in [6.07, 6.45) is 0. The average Bonchev–Trinajstić information content (AvgIpc) is 2.54. The lowest BCUT2D eigenvalue weighted by molar-refractivity contribution is -0.167. The molecule has 0 rings (SSSR count). The van der Waals surface area contributed by atoms with Gasteiger partial charge in [0.25, 0.3) is 0 Å². The third kappa shape index (κ3) is 9.28. The van der Waals surface area contributed by atoms with Crippen LogP contribution in [0.1, 0.15) is 27.7 Å². The smallest absolute Gasteiger partial charge is 0.323 e. The number of carbonyl (C=O) groups excluding carboxylic acids is 3. The van der Waals surface area contributed by atoms with Crippen LogP contribution in [0.25, 0.3) is 0 Å². The molecule has 0 saturated carbocycles. The maximum atomic E-state index is 11.8. The second kappa shape index (κ2) is 11.5. The van der Waals surface area contributed by atoms with Gasteiger partial charge in [-0.05, 0) is 13.8 Å². The summed E-state index contributed by atoms with van der Waals surface area (Å²) in [4.78, 5) is 35.1. The summed E-state index contributed by atoms with van der Waals surface area (Å²) in [6, 6.07) is 0. The Hall–Kier alpha value is -1.05. The fourth-order valence-corrected chi connectivity index (χ4v) is 1.75. The molecule has 0 heterocycles. The number of carbonyl (C=O) groups is 3. The molecule has 2 unspecified atom stereocenters. The number of methoxy groups -OCH3 is 1. The van der Waals surface area contributed by atoms with E-state index in [1.165, 1.54) is 21.0 Å². The maximum Gasteiger partial charge on any atom is 0.323 e. The van der Waals surface area contributed by atoms with Gasteiger partial charge >= 0.3 is 17.9 Å². The Balaban J connectivity index is 5.17. The summed E-state index contributed by atoms with van der Waals surface area (Å²) in [5, 5.41) is -1.69. The van der Waals surface area contributed by atoms with Crippen molar-refractivity contribution in [2.24, 2.45) is 11.3 Å². The van der Waals surface area contributed by atoms with Crippen LogP contribution in [-0.2, 0) is 33.3 Å². The quantitative estimate of drug-likeness (QED) is 0.298. The van der Waals surface area contributed by atoms with Crippen molar-refractivity contribution in [2.75, 3.05) is 33.5 Å². The first-order valence-electron chi connectivity index (χ1n) is 7.81. The highest BCUT2D eigenvalue weighted by Crippen LogP contribution is 2.22. The number of esters is 3. The summed E-state index contributed by atoms with van der Waals surface area (Å²) in [5.41, 5.74) is -1.07. The fraction of sp³-hybridized carbons (Fsp3) is 0.812. The first-order chi connectivity index (χ1) is 11.5. The molecule has 0 aliphatic heterocycles. The molecule has 0 aromatic carbocycles. The molecule has 7 nitrogen and oxygen atoms in total. The van der Waals surface area contributed by atoms with Crippen molar-refractivity contribution in [3.8, 4) is 0 Å². The molecule has 0 fully saturated rings. The number of hydrogen-bond acceptors (Lipinski definition) is 7. The first kappa shape index (κ1) is 23.9. The monoisotopic (exact) mass is 400 g/mol. The SMILES string of the molecule is COCC(COC(=O)C(C)C)(COC(=O)C(C)Cl)COC(=O)C(C)Cl. The number of rotatable bonds is 11. The second-order valence-corrected chi connectivity index (χ2v) is 7.45. The Morgan fingerprint density at radius 3 is 1.40 bits per heavy atom. The van der Waals surface area contributed by atoms with Gasteiger partial charge in [0.1, 0.15) is 30.6 Å². The van der Waals surface area contributed by atoms with E-state index in [2.05, 4.69) is 0 Å². The lowest BCUT2D eigenvalue weighted by Crippen LogP contribution is -2.44. The van der Waals surface area contributed by atoms with E-state index in [4.69, 9.17) is 42.1 Å². The van der Waals surface area contributed by atoms with E-state index in [1.807, 2.05) is 0 Å². The Bertz CT molecular complexity index is 390. The fourth-order valence-electron chi connectivity index (χ4n) is 1.63. The van der Waals surface area contributed by atoms with Gasteiger partial charge in [-0.3, -0.25) is 14.4 Å². The standard InChI is InChI=1S/C16H26Cl2O7/c1-10(2)13(19)23-7-16(6-22-5,8-24-14(20)11(3)17)9-25-15(21)12(4)18/h10-12H,6-9H2,1-5H3. The van der Waals surface area contributed by atoms with Crippen molar-refractivity contribution in [3.63, 3.8) is 0 Å². The molecule has 0 aromatic rings. The normalized spacial score (nSPS) is 15.8. The average molecular weight is 401 g/mol. The predicted octanol–water partition coefficient (Wildman–Crippen LogP) is 2.16. The van der Waals surface area contributed by atoms with Crippen LogP contribution in [0.5, 0.6) is 0 Å². The van der Waals surface area contributed by atoms with E-state index in [0.717, 1.165) is 0 Å². The molecule has 0 radical (unpaired) electrons. The highest BCUT2D eigenvalue weighted by Gasteiger charge is 2.37. The Labute approximate surface area is 158 Å². The van der Waals surface area contributed by atoms with E-state index >= 15 is 0 Å². The van der Waals surface area contributed by atoms with Gasteiger partial charge in [-0.1, -0.05) is 13.8 Å². The highest BCUT2D eigenvalue weighted by molar-refractivity contribution is 6.29. The van der Waals surface area contributed by atoms with Crippen molar-refractivity contribution < 1.29 is 33.3 Å². The van der Waals surface area contributed by atoms with Gasteiger partial charge in [-0.25, -0.2) is 0 Å². The minimum absolute atomic E-state index is 0.0201. The molecule has 0 amide bonds. The van der Waals surface area contributed by atoms with Crippen molar-refractivity contribution in [1.29, 1.82) is 0 Å². The highest BCUT2D eigenvalue weighted by atomic mass is 35.5. The molecular weight excluding hydrogens is 375 g/mol. The van der Waals surface area contributed by atoms with Crippen LogP contribution >= 0.6 is 23.2 Å². The zero-order chi connectivity index (χ0) is 19.6. The molecule has 0 spiro atoms. The van der Waals surface area contributed by atoms with Crippen molar-refractivity contribution >= 4 is 41.1 Å². The first-order valence-corrected chi connectivity index (χ1v) is 8.69. The minimum atomic E-state index is -1.07. The van der Waals surface area contributed by atoms with Crippen molar-refractivity contribution in [2.45, 2.75) is 38.4 Å². The van der Waals surface area contributed by atoms with Gasteiger partial charge in [0.05, 0.1) is 17.9 Å². The lowest BCUT2D eigenvalue weighted by Gasteiger charge is -2.32. The molecule has 0 aromatic heterocycles. The van der Waals surface area contributed by atoms with Crippen LogP contribution < -0.4 is 0 Å². The molecule has 2 atom stereocenters. The Morgan fingerprint density at radius 2 is 1.12 bits per heavy atom. The molecule has 9 heteroatoms. The van der Waals surface area contributed by atoms with Gasteiger partial charge in [-0.2, -0.15) is 0 Å². The molecule has 146 valence electrons. The molecule has 0 bridgehead atoms. The molecule has 25 heavy (non-hydrogen) atoms. The topological polar surface area (TPSA) is 88.1 Å². The molecule has 0 aliphatic rings. The van der Waals surface area contributed by atoms with Crippen LogP contribution in [0.3, 0.4) is 0 Å². The van der Waals surface area contributed by atoms with E-state index in [9.17, 15) is 14.4 Å². The van der Waals surface area contributed by atoms with E-state index in [1.54, 1.807) is 13.8 Å². The Kier molecular flexibility index (Phi) is 11.1. The maximum absolute atomic E-state index is 11.8. The zero-order valence-corrected chi connectivity index (χ0v) is 16.7. The van der Waals surface area contributed by atoms with Gasteiger partial charge in [0.15, 0.2) is 0 Å². The number of alkyl halides is 2. The van der Waals surface area contributed by atoms with Gasteiger partial charge in [0.2, 0.25) is 0 Å². The summed E-state index contributed by atoms with van der Waals surface area (Å²) in [6.45, 7) is 5.76. The molecule has 0 N–H and O–H groups in total. The summed E-state index contributed by atoms with van der Waals surface area (Å²) >= 11 is 11.4. The Morgan fingerprint density at radius 1 is 0.760 bits per heavy atom. The lowest BCUT2D eigenvalue weighted by atomic mass is 9.92. The van der Waals surface area contributed by atoms with Crippen LogP contribution in [0.4, 0.5) is 0 Å². The predicted molar refractivity (Wildman–Crippen MR) is 92.7 cm³/mol. The number of ether oxygens (including phenoxy) is 4. The largest absolute Gasteiger partial charge is 0.465 e. The number of hydrogen-bond donors (Lipinski definition) is 0. The van der Waals surface area contributed by atoms with Gasteiger partial charge in [0, 0.05) is 7.11 Å². The van der Waals surface area contributed by atoms with E-state index in [-0.39, 0.29) is 32.3 Å². The summed E-state index contributed by atoms with van der Waals surface area (Å²) < 4.78 is 20.7. The van der Waals surface area contributed by atoms with Gasteiger partial charge in [-0.15, -0.1) is 23.2 Å². The summed E-state index contributed by atoms with van der Waals surface area (Å²) in [5.74, 6) is -2.06. The van der Waals surface area contributed by atoms with Crippen LogP contribution in [-0.4, -0.2) is 62.2 Å². The third-order valence-electron chi connectivity index (χ3n) is 3.13. The molecule has 0 saturated heterocycles. The summed E-state index contributed by atoms with van der Waals surface area (Å²) in [7, 11) is 1.43. The molecular formula is C16H26Cl2O7. The van der Waals surface area contributed by atoms with Crippen LogP contribution in [0.15, 0.2) is 0 Å².